The normalized spacial score (nSPS) is 11.4. The molecule has 0 bridgehead atoms. The van der Waals surface area contributed by atoms with Gasteiger partial charge < -0.3 is 29.4 Å². The molecule has 0 amide bonds. The molecule has 0 spiro atoms. The van der Waals surface area contributed by atoms with Crippen molar-refractivity contribution in [3.8, 4) is 0 Å². The number of hydrogen-bond donors (Lipinski definition) is 0. The Labute approximate surface area is 751 Å². The first-order valence-electron chi connectivity index (χ1n) is 44.3. The van der Waals surface area contributed by atoms with E-state index in [0.29, 0.717) is 0 Å². The van der Waals surface area contributed by atoms with Gasteiger partial charge in [-0.3, -0.25) is 0 Å². The fourth-order valence-corrected chi connectivity index (χ4v) is 19.3. The Balaban J connectivity index is 0.000000114. The molecule has 24 aromatic rings. The Morgan fingerprint density at radius 1 is 0.116 bits per heavy atom. The molecule has 0 heterocycles. The van der Waals surface area contributed by atoms with E-state index in [1.807, 2.05) is 0 Å². The second-order valence-corrected chi connectivity index (χ2v) is 33.3. The number of anilines is 15. The first kappa shape index (κ1) is 78.2. The quantitative estimate of drug-likeness (QED) is 0.0747. The molecule has 129 heavy (non-hydrogen) atoms. The van der Waals surface area contributed by atoms with E-state index in [1.165, 1.54) is 141 Å². The summed E-state index contributed by atoms with van der Waals surface area (Å²) in [5.74, 6) is 0. The van der Waals surface area contributed by atoms with Crippen LogP contribution in [0.1, 0.15) is 0 Å². The average Bonchev–Trinajstić information content (AvgIpc) is 0.784. The van der Waals surface area contributed by atoms with Crippen LogP contribution < -0.4 is 29.4 Å². The molecule has 0 fully saturated rings. The Kier molecular flexibility index (Phi) is 20.6. The summed E-state index contributed by atoms with van der Waals surface area (Å²) in [5.41, 5.74) is 17.3. The molecular weight excluding hydrogens is 1560 g/mol. The molecule has 0 aliphatic rings. The van der Waals surface area contributed by atoms with Gasteiger partial charge in [-0.05, 0) is 226 Å². The van der Waals surface area contributed by atoms with Crippen LogP contribution >= 0.6 is 0 Å². The van der Waals surface area contributed by atoms with Gasteiger partial charge >= 0.3 is 0 Å². The van der Waals surface area contributed by atoms with Crippen molar-refractivity contribution in [1.82, 2.24) is 0 Å². The van der Waals surface area contributed by atoms with Gasteiger partial charge in [0.15, 0.2) is 0 Å². The molecule has 0 saturated heterocycles. The van der Waals surface area contributed by atoms with Crippen LogP contribution in [0.15, 0.2) is 491 Å². The maximum Gasteiger partial charge on any atom is 0.0567 e. The van der Waals surface area contributed by atoms with Gasteiger partial charge in [0.2, 0.25) is 0 Å². The van der Waals surface area contributed by atoms with Crippen molar-refractivity contribution in [3.05, 3.63) is 491 Å². The minimum Gasteiger partial charge on any atom is -0.345 e. The van der Waals surface area contributed by atoms with Gasteiger partial charge in [-0.25, -0.2) is 0 Å². The summed E-state index contributed by atoms with van der Waals surface area (Å²) in [5, 5.41) is 29.8. The molecular formula is C123H90N6. The van der Waals surface area contributed by atoms with E-state index >= 15 is 0 Å². The van der Waals surface area contributed by atoms with Crippen molar-refractivity contribution in [2.24, 2.45) is 0 Å². The molecule has 0 N–H and O–H groups in total. The number of fused-ring (bicyclic) bond motifs is 13. The maximum atomic E-state index is 2.40. The van der Waals surface area contributed by atoms with Crippen LogP contribution in [-0.4, -0.2) is 21.1 Å². The standard InChI is InChI=1S/3C41H30N2/c1-42(41-37-20-8-4-14-31(37)28-32-15-5-9-21-38(32)41)33-24-26-34(27-25-33)43(39-22-10-16-29-12-2-6-18-35(29)39)40-23-11-17-30-13-3-7-19-36(30)40;1-42(41-28-31-14-4-5-17-34(31)37-20-8-9-21-38(37)41)32-24-26-33(27-25-32)43(39-22-10-15-29-12-2-6-18-35(29)39)40-23-11-16-30-13-3-7-19-36(30)40;1-42(37-21-20-33-26-31-12-2-3-13-32(31)27-34(33)28-37)35-22-24-36(25-23-35)43(40-18-8-14-29-10-4-6-16-38(29)40)41-19-9-15-30-11-5-7-17-39(30)41/h3*2-28H,1H3. The van der Waals surface area contributed by atoms with Gasteiger partial charge in [-0.15, -0.1) is 0 Å². The van der Waals surface area contributed by atoms with Crippen LogP contribution in [0.3, 0.4) is 0 Å². The van der Waals surface area contributed by atoms with Gasteiger partial charge in [0.1, 0.15) is 0 Å². The van der Waals surface area contributed by atoms with Crippen LogP contribution in [0.25, 0.3) is 129 Å². The minimum absolute atomic E-state index is 1.12. The van der Waals surface area contributed by atoms with E-state index in [0.717, 1.165) is 73.9 Å². The first-order valence-corrected chi connectivity index (χ1v) is 44.3. The zero-order valence-electron chi connectivity index (χ0n) is 71.9. The second kappa shape index (κ2) is 34.0. The second-order valence-electron chi connectivity index (χ2n) is 33.3. The minimum atomic E-state index is 1.12. The highest BCUT2D eigenvalue weighted by Gasteiger charge is 2.24. The lowest BCUT2D eigenvalue weighted by atomic mass is 9.99. The summed E-state index contributed by atoms with van der Waals surface area (Å²) >= 11 is 0. The van der Waals surface area contributed by atoms with Gasteiger partial charge in [-0.2, -0.15) is 0 Å². The third kappa shape index (κ3) is 14.8. The van der Waals surface area contributed by atoms with E-state index < -0.39 is 0 Å². The van der Waals surface area contributed by atoms with Gasteiger partial charge in [0, 0.05) is 115 Å². The van der Waals surface area contributed by atoms with E-state index in [2.05, 4.69) is 542 Å². The molecule has 6 heteroatoms. The third-order valence-corrected chi connectivity index (χ3v) is 25.8. The van der Waals surface area contributed by atoms with Crippen LogP contribution in [0.4, 0.5) is 85.3 Å². The van der Waals surface area contributed by atoms with Crippen LogP contribution in [0.5, 0.6) is 0 Å². The summed E-state index contributed by atoms with van der Waals surface area (Å²) in [6.07, 6.45) is 0. The monoisotopic (exact) mass is 1650 g/mol. The summed E-state index contributed by atoms with van der Waals surface area (Å²) in [6, 6.07) is 177. The van der Waals surface area contributed by atoms with E-state index in [-0.39, 0.29) is 0 Å². The number of benzene rings is 24. The highest BCUT2D eigenvalue weighted by atomic mass is 15.2. The molecule has 0 saturated carbocycles. The predicted octanol–water partition coefficient (Wildman–Crippen LogP) is 34.6. The van der Waals surface area contributed by atoms with Crippen molar-refractivity contribution >= 4 is 215 Å². The summed E-state index contributed by atoms with van der Waals surface area (Å²) in [6.45, 7) is 0. The van der Waals surface area contributed by atoms with Crippen molar-refractivity contribution < 1.29 is 0 Å². The predicted molar refractivity (Wildman–Crippen MR) is 557 cm³/mol. The Morgan fingerprint density at radius 3 is 0.690 bits per heavy atom. The van der Waals surface area contributed by atoms with E-state index in [4.69, 9.17) is 0 Å². The lowest BCUT2D eigenvalue weighted by molar-refractivity contribution is 1.21. The first-order chi connectivity index (χ1) is 63.7. The van der Waals surface area contributed by atoms with Crippen LogP contribution in [0, 0.1) is 0 Å². The molecule has 0 aliphatic heterocycles. The fraction of sp³-hybridized carbons (Fsp3) is 0.0244. The number of hydrogen-bond acceptors (Lipinski definition) is 6. The zero-order valence-corrected chi connectivity index (χ0v) is 71.9. The smallest absolute Gasteiger partial charge is 0.0567 e. The Morgan fingerprint density at radius 2 is 0.341 bits per heavy atom. The summed E-state index contributed by atoms with van der Waals surface area (Å²) in [4.78, 5) is 14.1. The highest BCUT2D eigenvalue weighted by molar-refractivity contribution is 6.16. The zero-order chi connectivity index (χ0) is 86.3. The van der Waals surface area contributed by atoms with E-state index in [1.54, 1.807) is 0 Å². The Hall–Kier alpha value is -16.8. The highest BCUT2D eigenvalue weighted by Crippen LogP contribution is 2.49. The molecule has 0 radical (unpaired) electrons. The topological polar surface area (TPSA) is 19.4 Å². The molecule has 24 aromatic carbocycles. The molecule has 0 aromatic heterocycles. The lowest BCUT2D eigenvalue weighted by Crippen LogP contribution is -2.13. The van der Waals surface area contributed by atoms with Gasteiger partial charge in [-0.1, -0.05) is 346 Å². The van der Waals surface area contributed by atoms with Gasteiger partial charge in [0.05, 0.1) is 39.8 Å². The molecule has 0 unspecified atom stereocenters. The average molecular weight is 1650 g/mol. The molecule has 24 rings (SSSR count). The lowest BCUT2D eigenvalue weighted by Gasteiger charge is -2.29. The largest absolute Gasteiger partial charge is 0.345 e. The van der Waals surface area contributed by atoms with E-state index in [9.17, 15) is 0 Å². The third-order valence-electron chi connectivity index (χ3n) is 25.8. The molecule has 0 aliphatic carbocycles. The fourth-order valence-electron chi connectivity index (χ4n) is 19.3. The SMILES string of the molecule is CN(c1ccc(N(c2cccc3ccccc23)c2cccc3ccccc23)cc1)c1c2ccccc2cc2ccccc12.CN(c1ccc(N(c2cccc3ccccc23)c2cccc3ccccc23)cc1)c1cc2ccccc2c2ccccc12.CN(c1ccc(N(c2cccc3ccccc23)c2cccc3ccccc23)cc1)c1ccc2cc3ccccc3cc2c1. The van der Waals surface area contributed by atoms with Crippen LogP contribution in [0.2, 0.25) is 0 Å². The molecule has 6 nitrogen and oxygen atoms in total. The summed E-state index contributed by atoms with van der Waals surface area (Å²) in [7, 11) is 6.49. The number of nitrogens with zero attached hydrogens (tertiary/aromatic N) is 6. The van der Waals surface area contributed by atoms with Crippen molar-refractivity contribution in [3.63, 3.8) is 0 Å². The van der Waals surface area contributed by atoms with Gasteiger partial charge in [0.25, 0.3) is 0 Å². The van der Waals surface area contributed by atoms with Crippen LogP contribution in [-0.2, 0) is 0 Å². The molecule has 0 atom stereocenters. The van der Waals surface area contributed by atoms with Crippen molar-refractivity contribution in [2.75, 3.05) is 50.5 Å². The Bertz CT molecular complexity index is 8010. The molecule has 612 valence electrons. The van der Waals surface area contributed by atoms with Crippen molar-refractivity contribution in [1.29, 1.82) is 0 Å². The number of rotatable bonds is 15. The van der Waals surface area contributed by atoms with Crippen molar-refractivity contribution in [2.45, 2.75) is 0 Å². The maximum absolute atomic E-state index is 2.40. The summed E-state index contributed by atoms with van der Waals surface area (Å²) < 4.78 is 0.